The van der Waals surface area contributed by atoms with E-state index < -0.39 is 0 Å². The van der Waals surface area contributed by atoms with E-state index in [0.29, 0.717) is 27.4 Å². The molecule has 0 heterocycles. The lowest BCUT2D eigenvalue weighted by Gasteiger charge is -2.18. The molecular weight excluding hydrogens is 305 g/mol. The minimum absolute atomic E-state index is 0.271. The molecule has 2 N–H and O–H groups in total. The molecule has 0 aliphatic rings. The van der Waals surface area contributed by atoms with E-state index >= 15 is 0 Å². The third-order valence-corrected chi connectivity index (χ3v) is 3.26. The van der Waals surface area contributed by atoms with Crippen molar-refractivity contribution in [2.45, 2.75) is 6.10 Å². The van der Waals surface area contributed by atoms with E-state index in [1.807, 2.05) is 12.1 Å². The molecule has 0 saturated carbocycles. The van der Waals surface area contributed by atoms with Gasteiger partial charge in [-0.05, 0) is 35.9 Å². The van der Waals surface area contributed by atoms with Crippen LogP contribution in [0.1, 0.15) is 11.7 Å². The fourth-order valence-electron chi connectivity index (χ4n) is 1.69. The molecule has 2 nitrogen and oxygen atoms in total. The van der Waals surface area contributed by atoms with Gasteiger partial charge in [-0.1, -0.05) is 46.9 Å². The van der Waals surface area contributed by atoms with Crippen molar-refractivity contribution in [1.29, 1.82) is 0 Å². The van der Waals surface area contributed by atoms with Crippen molar-refractivity contribution in [3.05, 3.63) is 63.1 Å². The van der Waals surface area contributed by atoms with Crippen molar-refractivity contribution in [3.8, 4) is 5.75 Å². The summed E-state index contributed by atoms with van der Waals surface area (Å²) in [5.74, 6) is 0.586. The predicted molar refractivity (Wildman–Crippen MR) is 80.3 cm³/mol. The van der Waals surface area contributed by atoms with Crippen LogP contribution in [0.25, 0.3) is 0 Å². The Morgan fingerprint density at radius 1 is 0.895 bits per heavy atom. The molecule has 100 valence electrons. The first-order valence-electron chi connectivity index (χ1n) is 5.67. The number of nitrogens with two attached hydrogens (primary N) is 1. The van der Waals surface area contributed by atoms with Crippen LogP contribution in [0.4, 0.5) is 0 Å². The molecule has 0 aromatic heterocycles. The monoisotopic (exact) mass is 315 g/mol. The molecule has 19 heavy (non-hydrogen) atoms. The van der Waals surface area contributed by atoms with E-state index in [2.05, 4.69) is 0 Å². The van der Waals surface area contributed by atoms with Crippen LogP contribution in [0.2, 0.25) is 15.1 Å². The van der Waals surface area contributed by atoms with Crippen molar-refractivity contribution >= 4 is 34.8 Å². The van der Waals surface area contributed by atoms with Crippen molar-refractivity contribution < 1.29 is 4.74 Å². The van der Waals surface area contributed by atoms with Gasteiger partial charge in [0.15, 0.2) is 0 Å². The second-order valence-corrected chi connectivity index (χ2v) is 5.31. The molecule has 1 unspecified atom stereocenters. The van der Waals surface area contributed by atoms with Crippen LogP contribution < -0.4 is 10.5 Å². The third-order valence-electron chi connectivity index (χ3n) is 2.57. The zero-order chi connectivity index (χ0) is 13.8. The van der Waals surface area contributed by atoms with Crippen LogP contribution in [0.3, 0.4) is 0 Å². The normalized spacial score (nSPS) is 12.2. The minimum atomic E-state index is -0.271. The summed E-state index contributed by atoms with van der Waals surface area (Å²) in [6, 6.07) is 12.4. The van der Waals surface area contributed by atoms with Gasteiger partial charge in [0.05, 0.1) is 0 Å². The van der Waals surface area contributed by atoms with Gasteiger partial charge < -0.3 is 10.5 Å². The lowest BCUT2D eigenvalue weighted by molar-refractivity contribution is 0.214. The predicted octanol–water partition coefficient (Wildman–Crippen LogP) is 4.73. The molecule has 0 aliphatic heterocycles. The summed E-state index contributed by atoms with van der Waals surface area (Å²) in [5.41, 5.74) is 6.69. The van der Waals surface area contributed by atoms with Crippen LogP contribution in [-0.2, 0) is 0 Å². The second-order valence-electron chi connectivity index (χ2n) is 4.00. The molecule has 0 amide bonds. The summed E-state index contributed by atoms with van der Waals surface area (Å²) < 4.78 is 5.81. The summed E-state index contributed by atoms with van der Waals surface area (Å²) in [6.45, 7) is 0.339. The molecule has 0 radical (unpaired) electrons. The fraction of sp³-hybridized carbons (Fsp3) is 0.143. The van der Waals surface area contributed by atoms with Crippen molar-refractivity contribution in [2.75, 3.05) is 6.54 Å². The van der Waals surface area contributed by atoms with E-state index in [4.69, 9.17) is 45.3 Å². The molecule has 5 heteroatoms. The van der Waals surface area contributed by atoms with Gasteiger partial charge >= 0.3 is 0 Å². The highest BCUT2D eigenvalue weighted by Gasteiger charge is 2.12. The number of hydrogen-bond donors (Lipinski definition) is 1. The summed E-state index contributed by atoms with van der Waals surface area (Å²) >= 11 is 17.7. The zero-order valence-corrected chi connectivity index (χ0v) is 12.2. The zero-order valence-electron chi connectivity index (χ0n) is 9.95. The van der Waals surface area contributed by atoms with E-state index in [-0.39, 0.29) is 6.10 Å². The number of ether oxygens (including phenoxy) is 1. The Morgan fingerprint density at radius 2 is 1.47 bits per heavy atom. The topological polar surface area (TPSA) is 35.2 Å². The van der Waals surface area contributed by atoms with Crippen molar-refractivity contribution in [2.24, 2.45) is 5.73 Å². The maximum Gasteiger partial charge on any atom is 0.136 e. The molecule has 1 atom stereocenters. The average Bonchev–Trinajstić information content (AvgIpc) is 2.36. The second kappa shape index (κ2) is 6.49. The van der Waals surface area contributed by atoms with Crippen molar-refractivity contribution in [3.63, 3.8) is 0 Å². The maximum atomic E-state index is 5.93. The highest BCUT2D eigenvalue weighted by atomic mass is 35.5. The fourth-order valence-corrected chi connectivity index (χ4v) is 2.32. The summed E-state index contributed by atoms with van der Waals surface area (Å²) in [7, 11) is 0. The SMILES string of the molecule is NCC(Oc1cc(Cl)cc(Cl)c1)c1ccc(Cl)cc1. The maximum absolute atomic E-state index is 5.93. The lowest BCUT2D eigenvalue weighted by atomic mass is 10.1. The Balaban J connectivity index is 2.21. The molecule has 0 bridgehead atoms. The van der Waals surface area contributed by atoms with Gasteiger partial charge in [-0.2, -0.15) is 0 Å². The molecule has 2 aromatic carbocycles. The molecule has 0 saturated heterocycles. The van der Waals surface area contributed by atoms with Crippen LogP contribution in [-0.4, -0.2) is 6.54 Å². The van der Waals surface area contributed by atoms with Gasteiger partial charge in [0.25, 0.3) is 0 Å². The van der Waals surface area contributed by atoms with E-state index in [9.17, 15) is 0 Å². The molecule has 0 spiro atoms. The van der Waals surface area contributed by atoms with E-state index in [1.165, 1.54) is 0 Å². The summed E-state index contributed by atoms with van der Waals surface area (Å²) in [6.07, 6.45) is -0.271. The highest BCUT2D eigenvalue weighted by molar-refractivity contribution is 6.34. The highest BCUT2D eigenvalue weighted by Crippen LogP contribution is 2.28. The van der Waals surface area contributed by atoms with Gasteiger partial charge in [0, 0.05) is 21.6 Å². The van der Waals surface area contributed by atoms with Crippen LogP contribution in [0, 0.1) is 0 Å². The number of halogens is 3. The number of benzene rings is 2. The first-order chi connectivity index (χ1) is 9.08. The lowest BCUT2D eigenvalue weighted by Crippen LogP contribution is -2.18. The van der Waals surface area contributed by atoms with E-state index in [1.54, 1.807) is 30.3 Å². The van der Waals surface area contributed by atoms with Crippen LogP contribution >= 0.6 is 34.8 Å². The Kier molecular flexibility index (Phi) is 4.94. The van der Waals surface area contributed by atoms with Gasteiger partial charge in [-0.3, -0.25) is 0 Å². The Hall–Kier alpha value is -0.930. The summed E-state index contributed by atoms with van der Waals surface area (Å²) in [5, 5.41) is 1.72. The summed E-state index contributed by atoms with van der Waals surface area (Å²) in [4.78, 5) is 0. The van der Waals surface area contributed by atoms with Gasteiger partial charge in [-0.15, -0.1) is 0 Å². The molecule has 2 rings (SSSR count). The third kappa shape index (κ3) is 4.02. The van der Waals surface area contributed by atoms with Gasteiger partial charge in [0.2, 0.25) is 0 Å². The van der Waals surface area contributed by atoms with E-state index in [0.717, 1.165) is 5.56 Å². The number of hydrogen-bond acceptors (Lipinski definition) is 2. The Labute approximate surface area is 127 Å². The molecule has 0 aliphatic carbocycles. The Morgan fingerprint density at radius 3 is 2.00 bits per heavy atom. The standard InChI is InChI=1S/C14H12Cl3NO/c15-10-3-1-9(2-4-10)14(8-18)19-13-6-11(16)5-12(17)7-13/h1-7,14H,8,18H2. The molecule has 0 fully saturated rings. The van der Waals surface area contributed by atoms with Crippen LogP contribution in [0.15, 0.2) is 42.5 Å². The van der Waals surface area contributed by atoms with Crippen LogP contribution in [0.5, 0.6) is 5.75 Å². The molecular formula is C14H12Cl3NO. The van der Waals surface area contributed by atoms with Crippen molar-refractivity contribution in [1.82, 2.24) is 0 Å². The average molecular weight is 317 g/mol. The first-order valence-corrected chi connectivity index (χ1v) is 6.80. The molecule has 2 aromatic rings. The largest absolute Gasteiger partial charge is 0.484 e. The number of rotatable bonds is 4. The van der Waals surface area contributed by atoms with Gasteiger partial charge in [0.1, 0.15) is 11.9 Å². The van der Waals surface area contributed by atoms with Gasteiger partial charge in [-0.25, -0.2) is 0 Å². The minimum Gasteiger partial charge on any atom is -0.484 e. The smallest absolute Gasteiger partial charge is 0.136 e. The quantitative estimate of drug-likeness (QED) is 0.885. The first kappa shape index (κ1) is 14.5. The Bertz CT molecular complexity index is 537.